The van der Waals surface area contributed by atoms with Gasteiger partial charge in [-0.3, -0.25) is 4.18 Å². The number of nitrogens with zero attached hydrogens (tertiary/aromatic N) is 2. The smallest absolute Gasteiger partial charge is 0.333 e. The molecule has 0 amide bonds. The number of benzene rings is 1. The van der Waals surface area contributed by atoms with Gasteiger partial charge in [0.1, 0.15) is 36.6 Å². The minimum Gasteiger partial charge on any atom is -0.387 e. The topological polar surface area (TPSA) is 157 Å². The fraction of sp³-hybridized carbons (Fsp3) is 0.333. The van der Waals surface area contributed by atoms with E-state index in [1.54, 1.807) is 5.38 Å². The normalized spacial score (nSPS) is 24.4. The molecule has 30 heavy (non-hydrogen) atoms. The molecule has 1 fully saturated rings. The van der Waals surface area contributed by atoms with Crippen LogP contribution in [0.15, 0.2) is 42.0 Å². The van der Waals surface area contributed by atoms with E-state index in [-0.39, 0.29) is 0 Å². The maximum absolute atomic E-state index is 11.0. The van der Waals surface area contributed by atoms with Crippen molar-refractivity contribution >= 4 is 37.7 Å². The highest BCUT2D eigenvalue weighted by Crippen LogP contribution is 2.40. The number of ether oxygens (including phenoxy) is 1. The van der Waals surface area contributed by atoms with Crippen LogP contribution in [0.4, 0.5) is 5.82 Å². The van der Waals surface area contributed by atoms with Gasteiger partial charge in [0, 0.05) is 12.1 Å². The number of hydrogen-bond donors (Lipinski definition) is 4. The first-order chi connectivity index (χ1) is 14.3. The summed E-state index contributed by atoms with van der Waals surface area (Å²) in [5, 5.41) is 30.5. The van der Waals surface area contributed by atoms with Crippen LogP contribution in [0.3, 0.4) is 0 Å². The van der Waals surface area contributed by atoms with Crippen LogP contribution in [-0.4, -0.2) is 53.5 Å². The van der Waals surface area contributed by atoms with E-state index < -0.39 is 41.3 Å². The van der Waals surface area contributed by atoms with Crippen LogP contribution < -0.4 is 10.5 Å². The molecule has 0 unspecified atom stereocenters. The number of rotatable bonds is 7. The van der Waals surface area contributed by atoms with E-state index in [9.17, 15) is 18.6 Å². The monoisotopic (exact) mass is 452 g/mol. The summed E-state index contributed by atoms with van der Waals surface area (Å²) < 4.78 is 33.0. The fourth-order valence-electron chi connectivity index (χ4n) is 3.28. The van der Waals surface area contributed by atoms with Crippen LogP contribution in [0.1, 0.15) is 17.2 Å². The molecule has 1 aliphatic rings. The number of anilines is 1. The summed E-state index contributed by atoms with van der Waals surface area (Å²) in [5.41, 5.74) is 2.25. The zero-order valence-electron chi connectivity index (χ0n) is 15.6. The lowest BCUT2D eigenvalue weighted by atomic mass is 10.0. The first kappa shape index (κ1) is 21.1. The Labute approximate surface area is 176 Å². The molecule has 1 aliphatic heterocycles. The van der Waals surface area contributed by atoms with Gasteiger partial charge in [-0.05, 0) is 10.9 Å². The van der Waals surface area contributed by atoms with Crippen LogP contribution in [0.25, 0.3) is 10.2 Å². The molecule has 0 bridgehead atoms. The third-order valence-electron chi connectivity index (χ3n) is 4.75. The average Bonchev–Trinajstić information content (AvgIpc) is 3.27. The Morgan fingerprint density at radius 1 is 1.20 bits per heavy atom. The van der Waals surface area contributed by atoms with Gasteiger partial charge in [-0.1, -0.05) is 30.3 Å². The van der Waals surface area contributed by atoms with Gasteiger partial charge >= 0.3 is 10.3 Å². The summed E-state index contributed by atoms with van der Waals surface area (Å²) >= 11 is 1.38. The van der Waals surface area contributed by atoms with Crippen molar-refractivity contribution in [3.8, 4) is 0 Å². The van der Waals surface area contributed by atoms with Gasteiger partial charge in [0.15, 0.2) is 0 Å². The van der Waals surface area contributed by atoms with Crippen molar-refractivity contribution in [3.63, 3.8) is 0 Å². The van der Waals surface area contributed by atoms with E-state index in [1.165, 1.54) is 17.7 Å². The highest BCUT2D eigenvalue weighted by atomic mass is 32.2. The number of aliphatic hydroxyl groups excluding tert-OH is 2. The Hall–Kier alpha value is -2.19. The van der Waals surface area contributed by atoms with E-state index in [4.69, 9.17) is 9.88 Å². The van der Waals surface area contributed by atoms with Crippen molar-refractivity contribution < 1.29 is 27.6 Å². The minimum atomic E-state index is -4.19. The Morgan fingerprint density at radius 3 is 2.70 bits per heavy atom. The molecule has 5 N–H and O–H groups in total. The molecule has 1 aromatic carbocycles. The molecule has 12 heteroatoms. The van der Waals surface area contributed by atoms with E-state index in [2.05, 4.69) is 19.5 Å². The summed E-state index contributed by atoms with van der Waals surface area (Å²) in [6.45, 7) is 0.0723. The molecule has 4 rings (SSSR count). The Morgan fingerprint density at radius 2 is 1.97 bits per heavy atom. The van der Waals surface area contributed by atoms with Crippen LogP contribution in [-0.2, 0) is 25.8 Å². The number of aliphatic hydroxyl groups is 2. The summed E-state index contributed by atoms with van der Waals surface area (Å²) in [4.78, 5) is 8.61. The predicted molar refractivity (Wildman–Crippen MR) is 110 cm³/mol. The van der Waals surface area contributed by atoms with E-state index in [0.717, 1.165) is 10.3 Å². The molecule has 3 heterocycles. The van der Waals surface area contributed by atoms with Gasteiger partial charge in [0.2, 0.25) is 0 Å². The molecular weight excluding hydrogens is 432 g/mol. The Kier molecular flexibility index (Phi) is 5.97. The minimum absolute atomic E-state index is 0.505. The predicted octanol–water partition coefficient (Wildman–Crippen LogP) is 0.685. The van der Waals surface area contributed by atoms with E-state index in [1.807, 2.05) is 30.3 Å². The number of aromatic nitrogens is 2. The number of hydrogen-bond acceptors (Lipinski definition) is 10. The van der Waals surface area contributed by atoms with Crippen molar-refractivity contribution in [2.45, 2.75) is 31.0 Å². The van der Waals surface area contributed by atoms with Gasteiger partial charge in [-0.15, -0.1) is 11.3 Å². The lowest BCUT2D eigenvalue weighted by Crippen LogP contribution is -2.34. The lowest BCUT2D eigenvalue weighted by molar-refractivity contribution is -0.0151. The highest BCUT2D eigenvalue weighted by molar-refractivity contribution is 7.84. The quantitative estimate of drug-likeness (QED) is 0.405. The van der Waals surface area contributed by atoms with Crippen molar-refractivity contribution in [2.24, 2.45) is 5.14 Å². The molecule has 0 aliphatic carbocycles. The molecule has 4 atom stereocenters. The molecule has 10 nitrogen and oxygen atoms in total. The molecule has 0 saturated carbocycles. The zero-order valence-corrected chi connectivity index (χ0v) is 17.2. The van der Waals surface area contributed by atoms with Crippen LogP contribution in [0, 0.1) is 0 Å². The Bertz CT molecular complexity index is 1120. The van der Waals surface area contributed by atoms with Crippen LogP contribution in [0.5, 0.6) is 0 Å². The molecule has 2 aromatic heterocycles. The lowest BCUT2D eigenvalue weighted by Gasteiger charge is -2.13. The first-order valence-electron chi connectivity index (χ1n) is 9.02. The van der Waals surface area contributed by atoms with Crippen molar-refractivity contribution in [1.82, 2.24) is 9.97 Å². The maximum atomic E-state index is 11.0. The van der Waals surface area contributed by atoms with Gasteiger partial charge in [0.05, 0.1) is 16.8 Å². The molecule has 1 saturated heterocycles. The second kappa shape index (κ2) is 8.51. The number of fused-ring (bicyclic) bond motifs is 1. The number of nitrogens with one attached hydrogen (secondary N) is 1. The second-order valence-corrected chi connectivity index (χ2v) is 8.88. The maximum Gasteiger partial charge on any atom is 0.333 e. The van der Waals surface area contributed by atoms with Gasteiger partial charge < -0.3 is 20.3 Å². The largest absolute Gasteiger partial charge is 0.387 e. The highest BCUT2D eigenvalue weighted by Gasteiger charge is 2.45. The standard InChI is InChI=1S/C18H20N4O6S2/c19-30(25,26)27-7-12-14(23)15(24)16(28-12)11-8-29-17-13(11)21-9-22-18(17)20-6-10-4-2-1-3-5-10/h1-5,8-9,12,14-16,23-24H,6-7H2,(H2,19,25,26)(H,20,21,22)/t12-,14-,15-,16+/m1/s1. The zero-order chi connectivity index (χ0) is 21.3. The first-order valence-corrected chi connectivity index (χ1v) is 11.4. The molecule has 0 spiro atoms. The van der Waals surface area contributed by atoms with Crippen molar-refractivity contribution in [1.29, 1.82) is 0 Å². The van der Waals surface area contributed by atoms with Crippen molar-refractivity contribution in [3.05, 3.63) is 53.2 Å². The molecule has 160 valence electrons. The summed E-state index contributed by atoms with van der Waals surface area (Å²) in [6.07, 6.45) is -3.18. The van der Waals surface area contributed by atoms with E-state index in [0.29, 0.717) is 23.4 Å². The van der Waals surface area contributed by atoms with E-state index >= 15 is 0 Å². The van der Waals surface area contributed by atoms with Gasteiger partial charge in [0.25, 0.3) is 0 Å². The summed E-state index contributed by atoms with van der Waals surface area (Å²) in [7, 11) is -4.19. The third-order valence-corrected chi connectivity index (χ3v) is 6.21. The SMILES string of the molecule is NS(=O)(=O)OC[C@H]1O[C@@H](c2csc3c(NCc4ccccc4)ncnc23)[C@H](O)[C@@H]1O. The number of thiophene rings is 1. The molecule has 0 radical (unpaired) electrons. The van der Waals surface area contributed by atoms with Crippen LogP contribution in [0.2, 0.25) is 0 Å². The second-order valence-electron chi connectivity index (χ2n) is 6.78. The van der Waals surface area contributed by atoms with Crippen molar-refractivity contribution in [2.75, 3.05) is 11.9 Å². The number of nitrogens with two attached hydrogens (primary N) is 1. The van der Waals surface area contributed by atoms with Crippen LogP contribution >= 0.6 is 11.3 Å². The molecule has 3 aromatic rings. The fourth-order valence-corrected chi connectivity index (χ4v) is 4.62. The molecular formula is C18H20N4O6S2. The van der Waals surface area contributed by atoms with Gasteiger partial charge in [-0.2, -0.15) is 8.42 Å². The average molecular weight is 453 g/mol. The Balaban J connectivity index is 1.55. The van der Waals surface area contributed by atoms with Gasteiger partial charge in [-0.25, -0.2) is 15.1 Å². The third kappa shape index (κ3) is 4.44. The summed E-state index contributed by atoms with van der Waals surface area (Å²) in [5.74, 6) is 0.641. The summed E-state index contributed by atoms with van der Waals surface area (Å²) in [6, 6.07) is 9.85.